The van der Waals surface area contributed by atoms with Crippen molar-refractivity contribution in [3.05, 3.63) is 26.0 Å². The Bertz CT molecular complexity index is 386. The highest BCUT2D eigenvalue weighted by molar-refractivity contribution is 14.1. The molecular formula is C7H2Cl2F2INO. The lowest BCUT2D eigenvalue weighted by Gasteiger charge is -2.07. The molecule has 0 spiro atoms. The third-order valence-corrected chi connectivity index (χ3v) is 2.99. The third-order valence-electron chi connectivity index (χ3n) is 1.41. The number of alkyl halides is 2. The summed E-state index contributed by atoms with van der Waals surface area (Å²) in [6.45, 7) is 0. The lowest BCUT2D eigenvalue weighted by molar-refractivity contribution is 0.107. The summed E-state index contributed by atoms with van der Waals surface area (Å²) in [5, 5.41) is -1.06. The largest absolute Gasteiger partial charge is 0.274 e. The number of aromatic nitrogens is 1. The van der Waals surface area contributed by atoms with E-state index in [1.807, 2.05) is 0 Å². The minimum atomic E-state index is -2.76. The first-order chi connectivity index (χ1) is 6.45. The fraction of sp³-hybridized carbons (Fsp3) is 0.143. The van der Waals surface area contributed by atoms with Crippen LogP contribution in [0.3, 0.4) is 0 Å². The summed E-state index contributed by atoms with van der Waals surface area (Å²) >= 11 is 12.2. The van der Waals surface area contributed by atoms with Gasteiger partial charge >= 0.3 is 0 Å². The maximum Gasteiger partial charge on any atom is 0.271 e. The van der Waals surface area contributed by atoms with E-state index in [1.165, 1.54) is 0 Å². The smallest absolute Gasteiger partial charge is 0.271 e. The Balaban J connectivity index is 3.41. The second-order valence-electron chi connectivity index (χ2n) is 2.26. The summed E-state index contributed by atoms with van der Waals surface area (Å²) < 4.78 is 24.9. The van der Waals surface area contributed by atoms with Gasteiger partial charge in [0, 0.05) is 6.20 Å². The molecular weight excluding hydrogens is 350 g/mol. The molecule has 0 fully saturated rings. The predicted molar refractivity (Wildman–Crippen MR) is 57.1 cm³/mol. The number of carbonyl (C=O) groups excluding carboxylic acids is 1. The molecule has 2 nitrogen and oxygen atoms in total. The van der Waals surface area contributed by atoms with Crippen molar-refractivity contribution in [3.63, 3.8) is 0 Å². The first-order valence-corrected chi connectivity index (χ1v) is 5.10. The first-order valence-electron chi connectivity index (χ1n) is 3.27. The number of rotatable bonds is 2. The zero-order chi connectivity index (χ0) is 10.9. The molecule has 0 aliphatic heterocycles. The summed E-state index contributed by atoms with van der Waals surface area (Å²) in [7, 11) is 0. The maximum absolute atomic E-state index is 12.5. The van der Waals surface area contributed by atoms with Gasteiger partial charge in [-0.25, -0.2) is 13.8 Å². The molecule has 1 heterocycles. The van der Waals surface area contributed by atoms with Crippen LogP contribution >= 0.6 is 45.8 Å². The standard InChI is InChI=1S/C7H2Cl2F2INO/c8-2-1-13-5(6(9)14)4(12)3(2)7(10)11/h1,7H. The zero-order valence-electron chi connectivity index (χ0n) is 6.40. The van der Waals surface area contributed by atoms with Crippen LogP contribution in [0.5, 0.6) is 0 Å². The third kappa shape index (κ3) is 2.32. The molecule has 7 heteroatoms. The maximum atomic E-state index is 12.5. The van der Waals surface area contributed by atoms with Crippen LogP contribution in [0.1, 0.15) is 22.5 Å². The van der Waals surface area contributed by atoms with Gasteiger partial charge < -0.3 is 0 Å². The normalized spacial score (nSPS) is 10.7. The van der Waals surface area contributed by atoms with Crippen molar-refractivity contribution in [2.24, 2.45) is 0 Å². The molecule has 0 atom stereocenters. The van der Waals surface area contributed by atoms with E-state index in [0.717, 1.165) is 6.20 Å². The van der Waals surface area contributed by atoms with Crippen molar-refractivity contribution in [2.75, 3.05) is 0 Å². The number of carbonyl (C=O) groups is 1. The molecule has 0 radical (unpaired) electrons. The molecule has 0 amide bonds. The van der Waals surface area contributed by atoms with Crippen molar-refractivity contribution in [2.45, 2.75) is 6.43 Å². The van der Waals surface area contributed by atoms with Crippen LogP contribution in [0, 0.1) is 3.57 Å². The average molecular weight is 352 g/mol. The second kappa shape index (κ2) is 4.67. The highest BCUT2D eigenvalue weighted by Gasteiger charge is 2.21. The molecule has 0 aliphatic carbocycles. The van der Waals surface area contributed by atoms with Gasteiger partial charge in [0.25, 0.3) is 11.7 Å². The first kappa shape index (κ1) is 12.1. The number of nitrogens with zero attached hydrogens (tertiary/aromatic N) is 1. The fourth-order valence-electron chi connectivity index (χ4n) is 0.817. The van der Waals surface area contributed by atoms with E-state index >= 15 is 0 Å². The van der Waals surface area contributed by atoms with Gasteiger partial charge in [-0.3, -0.25) is 4.79 Å². The van der Waals surface area contributed by atoms with Crippen LogP contribution in [0.15, 0.2) is 6.20 Å². The van der Waals surface area contributed by atoms with Gasteiger partial charge in [0.05, 0.1) is 14.2 Å². The number of hydrogen-bond acceptors (Lipinski definition) is 2. The quantitative estimate of drug-likeness (QED) is 0.601. The Morgan fingerprint density at radius 2 is 2.14 bits per heavy atom. The van der Waals surface area contributed by atoms with Crippen LogP contribution in [0.4, 0.5) is 8.78 Å². The topological polar surface area (TPSA) is 30.0 Å². The van der Waals surface area contributed by atoms with Gasteiger partial charge in [0.2, 0.25) is 0 Å². The van der Waals surface area contributed by atoms with Crippen molar-refractivity contribution < 1.29 is 13.6 Å². The number of halogens is 5. The number of hydrogen-bond donors (Lipinski definition) is 0. The van der Waals surface area contributed by atoms with E-state index in [4.69, 9.17) is 23.2 Å². The van der Waals surface area contributed by atoms with Crippen LogP contribution in [0.2, 0.25) is 5.02 Å². The minimum absolute atomic E-state index is 0.00917. The fourth-order valence-corrected chi connectivity index (χ4v) is 2.41. The Morgan fingerprint density at radius 1 is 1.57 bits per heavy atom. The Labute approximate surface area is 102 Å². The van der Waals surface area contributed by atoms with Crippen molar-refractivity contribution in [3.8, 4) is 0 Å². The van der Waals surface area contributed by atoms with Crippen LogP contribution in [0.25, 0.3) is 0 Å². The van der Waals surface area contributed by atoms with E-state index in [0.29, 0.717) is 0 Å². The van der Waals surface area contributed by atoms with E-state index < -0.39 is 17.2 Å². The summed E-state index contributed by atoms with van der Waals surface area (Å²) in [6.07, 6.45) is -1.77. The summed E-state index contributed by atoms with van der Waals surface area (Å²) in [6, 6.07) is 0. The van der Waals surface area contributed by atoms with Gasteiger partial charge in [-0.05, 0) is 34.2 Å². The van der Waals surface area contributed by atoms with E-state index in [-0.39, 0.29) is 14.3 Å². The molecule has 0 bridgehead atoms. The van der Waals surface area contributed by atoms with Gasteiger partial charge in [-0.1, -0.05) is 11.6 Å². The molecule has 76 valence electrons. The lowest BCUT2D eigenvalue weighted by atomic mass is 10.2. The number of pyridine rings is 1. The van der Waals surface area contributed by atoms with E-state index in [9.17, 15) is 13.6 Å². The summed E-state index contributed by atoms with van der Waals surface area (Å²) in [5.74, 6) is 0. The molecule has 1 aromatic heterocycles. The summed E-state index contributed by atoms with van der Waals surface area (Å²) in [4.78, 5) is 14.3. The highest BCUT2D eigenvalue weighted by Crippen LogP contribution is 2.32. The molecule has 0 aromatic carbocycles. The molecule has 1 aromatic rings. The second-order valence-corrected chi connectivity index (χ2v) is 4.09. The van der Waals surface area contributed by atoms with Crippen molar-refractivity contribution >= 4 is 51.0 Å². The van der Waals surface area contributed by atoms with Gasteiger partial charge in [0.1, 0.15) is 5.69 Å². The molecule has 0 saturated heterocycles. The molecule has 0 saturated carbocycles. The van der Waals surface area contributed by atoms with E-state index in [1.54, 1.807) is 22.6 Å². The molecule has 0 unspecified atom stereocenters. The minimum Gasteiger partial charge on any atom is -0.274 e. The lowest BCUT2D eigenvalue weighted by Crippen LogP contribution is -2.03. The monoisotopic (exact) mass is 351 g/mol. The van der Waals surface area contributed by atoms with Crippen molar-refractivity contribution in [1.29, 1.82) is 0 Å². The van der Waals surface area contributed by atoms with Gasteiger partial charge in [-0.2, -0.15) is 0 Å². The predicted octanol–water partition coefficient (Wildman–Crippen LogP) is 3.66. The Kier molecular flexibility index (Phi) is 4.03. The van der Waals surface area contributed by atoms with Gasteiger partial charge in [-0.15, -0.1) is 0 Å². The molecule has 1 rings (SSSR count). The molecule has 14 heavy (non-hydrogen) atoms. The van der Waals surface area contributed by atoms with Crippen LogP contribution in [-0.4, -0.2) is 10.2 Å². The van der Waals surface area contributed by atoms with Crippen molar-refractivity contribution in [1.82, 2.24) is 4.98 Å². The molecule has 0 N–H and O–H groups in total. The SMILES string of the molecule is O=C(Cl)c1ncc(Cl)c(C(F)F)c1I. The van der Waals surface area contributed by atoms with Crippen LogP contribution < -0.4 is 0 Å². The van der Waals surface area contributed by atoms with E-state index in [2.05, 4.69) is 4.98 Å². The van der Waals surface area contributed by atoms with Crippen LogP contribution in [-0.2, 0) is 0 Å². The van der Waals surface area contributed by atoms with Gasteiger partial charge in [0.15, 0.2) is 0 Å². The average Bonchev–Trinajstić information content (AvgIpc) is 2.02. The summed E-state index contributed by atoms with van der Waals surface area (Å²) in [5.41, 5.74) is -0.613. The Hall–Kier alpha value is -0.0100. The Morgan fingerprint density at radius 3 is 2.57 bits per heavy atom. The highest BCUT2D eigenvalue weighted by atomic mass is 127. The zero-order valence-corrected chi connectivity index (χ0v) is 10.1. The molecule has 0 aliphatic rings.